The van der Waals surface area contributed by atoms with Gasteiger partial charge in [0.1, 0.15) is 0 Å². The molecule has 0 aromatic rings. The van der Waals surface area contributed by atoms with E-state index in [1.807, 2.05) is 0 Å². The van der Waals surface area contributed by atoms with Crippen LogP contribution in [0.5, 0.6) is 0 Å². The lowest BCUT2D eigenvalue weighted by Crippen LogP contribution is -1.87. The van der Waals surface area contributed by atoms with E-state index in [1.165, 1.54) is 19.3 Å². The van der Waals surface area contributed by atoms with Crippen molar-refractivity contribution >= 4 is 6.08 Å². The van der Waals surface area contributed by atoms with Crippen molar-refractivity contribution in [2.75, 3.05) is 0 Å². The van der Waals surface area contributed by atoms with E-state index < -0.39 is 0 Å². The van der Waals surface area contributed by atoms with Gasteiger partial charge in [0.15, 0.2) is 0 Å². The van der Waals surface area contributed by atoms with Gasteiger partial charge < -0.3 is 0 Å². The molecule has 1 aliphatic carbocycles. The first kappa shape index (κ1) is 8.22. The molecule has 0 unspecified atom stereocenters. The predicted octanol–water partition coefficient (Wildman–Crippen LogP) is 2.56. The summed E-state index contributed by atoms with van der Waals surface area (Å²) in [5, 5.41) is 0. The van der Waals surface area contributed by atoms with Gasteiger partial charge in [-0.15, -0.1) is 0 Å². The van der Waals surface area contributed by atoms with Crippen LogP contribution in [0.2, 0.25) is 0 Å². The topological polar surface area (TPSA) is 29.4 Å². The van der Waals surface area contributed by atoms with Crippen molar-refractivity contribution in [1.29, 1.82) is 0 Å². The Kier molecular flexibility index (Phi) is 3.63. The molecule has 2 nitrogen and oxygen atoms in total. The summed E-state index contributed by atoms with van der Waals surface area (Å²) < 4.78 is 0. The summed E-state index contributed by atoms with van der Waals surface area (Å²) in [6.45, 7) is 0. The molecule has 60 valence electrons. The molecule has 2 heteroatoms. The van der Waals surface area contributed by atoms with Gasteiger partial charge in [0.25, 0.3) is 0 Å². The van der Waals surface area contributed by atoms with Gasteiger partial charge in [-0.05, 0) is 25.7 Å². The third-order valence-corrected chi connectivity index (χ3v) is 1.96. The van der Waals surface area contributed by atoms with E-state index in [9.17, 15) is 4.79 Å². The first-order chi connectivity index (χ1) is 5.43. The Bertz CT molecular complexity index is 190. The summed E-state index contributed by atoms with van der Waals surface area (Å²) in [5.41, 5.74) is 0.930. The lowest BCUT2D eigenvalue weighted by molar-refractivity contribution is 0.562. The van der Waals surface area contributed by atoms with Crippen molar-refractivity contribution in [2.24, 2.45) is 4.99 Å². The standard InChI is InChI=1S/C9H13NO/c11-8-10-9-6-4-2-1-3-5-7-9/h6H,1-5,7H2/b9-6+. The monoisotopic (exact) mass is 151 g/mol. The van der Waals surface area contributed by atoms with Crippen molar-refractivity contribution in [3.8, 4) is 0 Å². The molecule has 11 heavy (non-hydrogen) atoms. The van der Waals surface area contributed by atoms with Crippen molar-refractivity contribution in [3.63, 3.8) is 0 Å². The second kappa shape index (κ2) is 4.86. The van der Waals surface area contributed by atoms with E-state index in [2.05, 4.69) is 11.1 Å². The largest absolute Gasteiger partial charge is 0.240 e. The van der Waals surface area contributed by atoms with E-state index in [0.717, 1.165) is 25.0 Å². The molecular weight excluding hydrogens is 138 g/mol. The number of rotatable bonds is 1. The van der Waals surface area contributed by atoms with Gasteiger partial charge in [0.05, 0.1) is 0 Å². The summed E-state index contributed by atoms with van der Waals surface area (Å²) in [6.07, 6.45) is 10.7. The van der Waals surface area contributed by atoms with Crippen LogP contribution in [-0.2, 0) is 4.79 Å². The Labute approximate surface area is 67.0 Å². The minimum atomic E-state index is 0.930. The molecule has 0 spiro atoms. The molecule has 0 bridgehead atoms. The molecule has 0 fully saturated rings. The summed E-state index contributed by atoms with van der Waals surface area (Å²) in [4.78, 5) is 13.6. The van der Waals surface area contributed by atoms with Crippen LogP contribution in [-0.4, -0.2) is 6.08 Å². The lowest BCUT2D eigenvalue weighted by atomic mass is 10.0. The normalized spacial score (nSPS) is 23.8. The molecule has 1 rings (SSSR count). The van der Waals surface area contributed by atoms with Crippen LogP contribution >= 0.6 is 0 Å². The van der Waals surface area contributed by atoms with Gasteiger partial charge in [0.2, 0.25) is 6.08 Å². The Morgan fingerprint density at radius 3 is 2.91 bits per heavy atom. The van der Waals surface area contributed by atoms with Crippen LogP contribution in [0.3, 0.4) is 0 Å². The van der Waals surface area contributed by atoms with E-state index in [-0.39, 0.29) is 0 Å². The number of isocyanates is 1. The zero-order valence-corrected chi connectivity index (χ0v) is 6.68. The fourth-order valence-corrected chi connectivity index (χ4v) is 1.33. The van der Waals surface area contributed by atoms with Gasteiger partial charge in [-0.25, -0.2) is 4.79 Å². The van der Waals surface area contributed by atoms with Crippen LogP contribution in [0.1, 0.15) is 38.5 Å². The third kappa shape index (κ3) is 3.15. The van der Waals surface area contributed by atoms with Crippen molar-refractivity contribution in [1.82, 2.24) is 0 Å². The molecule has 0 saturated carbocycles. The van der Waals surface area contributed by atoms with Gasteiger partial charge in [-0.2, -0.15) is 4.99 Å². The number of carbonyl (C=O) groups excluding carboxylic acids is 1. The Morgan fingerprint density at radius 1 is 1.27 bits per heavy atom. The molecule has 0 aromatic heterocycles. The molecule has 0 aromatic carbocycles. The molecule has 0 heterocycles. The summed E-state index contributed by atoms with van der Waals surface area (Å²) >= 11 is 0. The zero-order chi connectivity index (χ0) is 7.94. The molecule has 0 amide bonds. The number of allylic oxidation sites excluding steroid dienone is 2. The third-order valence-electron chi connectivity index (χ3n) is 1.96. The van der Waals surface area contributed by atoms with Gasteiger partial charge in [-0.3, -0.25) is 0 Å². The van der Waals surface area contributed by atoms with E-state index in [1.54, 1.807) is 6.08 Å². The van der Waals surface area contributed by atoms with E-state index >= 15 is 0 Å². The van der Waals surface area contributed by atoms with E-state index in [4.69, 9.17) is 0 Å². The minimum Gasteiger partial charge on any atom is -0.211 e. The number of nitrogens with zero attached hydrogens (tertiary/aromatic N) is 1. The molecule has 0 N–H and O–H groups in total. The Hall–Kier alpha value is -0.880. The second-order valence-electron chi connectivity index (χ2n) is 2.85. The highest BCUT2D eigenvalue weighted by Crippen LogP contribution is 2.16. The maximum Gasteiger partial charge on any atom is 0.240 e. The summed E-state index contributed by atoms with van der Waals surface area (Å²) in [6, 6.07) is 0. The Balaban J connectivity index is 2.51. The molecular formula is C9H13NO. The molecule has 1 aliphatic rings. The van der Waals surface area contributed by atoms with Crippen molar-refractivity contribution < 1.29 is 4.79 Å². The fourth-order valence-electron chi connectivity index (χ4n) is 1.33. The van der Waals surface area contributed by atoms with Crippen LogP contribution < -0.4 is 0 Å². The van der Waals surface area contributed by atoms with Crippen LogP contribution in [0.4, 0.5) is 0 Å². The smallest absolute Gasteiger partial charge is 0.211 e. The Morgan fingerprint density at radius 2 is 2.09 bits per heavy atom. The zero-order valence-electron chi connectivity index (χ0n) is 6.68. The van der Waals surface area contributed by atoms with Gasteiger partial charge in [-0.1, -0.05) is 18.9 Å². The number of hydrogen-bond acceptors (Lipinski definition) is 2. The summed E-state index contributed by atoms with van der Waals surface area (Å²) in [7, 11) is 0. The van der Waals surface area contributed by atoms with Crippen LogP contribution in [0.15, 0.2) is 16.8 Å². The predicted molar refractivity (Wildman–Crippen MR) is 43.9 cm³/mol. The highest BCUT2D eigenvalue weighted by molar-refractivity contribution is 5.36. The van der Waals surface area contributed by atoms with Gasteiger partial charge in [0, 0.05) is 5.70 Å². The molecule has 0 aliphatic heterocycles. The second-order valence-corrected chi connectivity index (χ2v) is 2.85. The maximum absolute atomic E-state index is 9.94. The van der Waals surface area contributed by atoms with Crippen molar-refractivity contribution in [2.45, 2.75) is 38.5 Å². The number of hydrogen-bond donors (Lipinski definition) is 0. The average molecular weight is 151 g/mol. The SMILES string of the molecule is O=C=N/C1=C/CCCCCC1. The van der Waals surface area contributed by atoms with Crippen LogP contribution in [0, 0.1) is 0 Å². The minimum absolute atomic E-state index is 0.930. The first-order valence-electron chi connectivity index (χ1n) is 4.20. The maximum atomic E-state index is 9.94. The summed E-state index contributed by atoms with van der Waals surface area (Å²) in [5.74, 6) is 0. The fraction of sp³-hybridized carbons (Fsp3) is 0.667. The lowest BCUT2D eigenvalue weighted by Gasteiger charge is -2.04. The molecule has 0 saturated heterocycles. The first-order valence-corrected chi connectivity index (χ1v) is 4.20. The highest BCUT2D eigenvalue weighted by Gasteiger charge is 1.99. The highest BCUT2D eigenvalue weighted by atomic mass is 16.1. The van der Waals surface area contributed by atoms with E-state index in [0.29, 0.717) is 0 Å². The molecule has 0 radical (unpaired) electrons. The number of aliphatic imine (C=N–C) groups is 1. The van der Waals surface area contributed by atoms with Gasteiger partial charge >= 0.3 is 0 Å². The molecule has 0 atom stereocenters. The van der Waals surface area contributed by atoms with Crippen molar-refractivity contribution in [3.05, 3.63) is 11.8 Å². The van der Waals surface area contributed by atoms with Crippen LogP contribution in [0.25, 0.3) is 0 Å². The average Bonchev–Trinajstić information content (AvgIpc) is 1.94. The quantitative estimate of drug-likeness (QED) is 0.418.